The van der Waals surface area contributed by atoms with Crippen molar-refractivity contribution >= 4 is 23.1 Å². The minimum Gasteiger partial charge on any atom is -0.502 e. The van der Waals surface area contributed by atoms with Crippen molar-refractivity contribution in [2.45, 2.75) is 6.42 Å². The molecule has 0 radical (unpaired) electrons. The van der Waals surface area contributed by atoms with E-state index in [0.717, 1.165) is 10.4 Å². The van der Waals surface area contributed by atoms with E-state index in [1.807, 2.05) is 12.1 Å². The van der Waals surface area contributed by atoms with Crippen LogP contribution in [-0.4, -0.2) is 26.9 Å². The van der Waals surface area contributed by atoms with Crippen LogP contribution < -0.4 is 0 Å². The van der Waals surface area contributed by atoms with E-state index in [0.29, 0.717) is 18.1 Å². The number of aliphatic hydroxyl groups is 1. The molecule has 0 aliphatic rings. The lowest BCUT2D eigenvalue weighted by Gasteiger charge is -1.96. The van der Waals surface area contributed by atoms with Crippen molar-refractivity contribution in [1.29, 1.82) is 0 Å². The summed E-state index contributed by atoms with van der Waals surface area (Å²) in [5, 5.41) is 19.2. The number of ketones is 1. The lowest BCUT2D eigenvalue weighted by atomic mass is 10.1. The summed E-state index contributed by atoms with van der Waals surface area (Å²) in [5.74, 6) is -3.01. The molecule has 0 spiro atoms. The van der Waals surface area contributed by atoms with E-state index in [2.05, 4.69) is 4.98 Å². The first-order valence-corrected chi connectivity index (χ1v) is 6.59. The lowest BCUT2D eigenvalue weighted by Crippen LogP contribution is -2.03. The summed E-state index contributed by atoms with van der Waals surface area (Å²) in [6, 6.07) is 5.47. The fourth-order valence-corrected chi connectivity index (χ4v) is 2.48. The zero-order valence-electron chi connectivity index (χ0n) is 10.3. The van der Waals surface area contributed by atoms with Crippen molar-refractivity contribution in [2.24, 2.45) is 0 Å². The Morgan fingerprint density at radius 1 is 1.25 bits per heavy atom. The summed E-state index contributed by atoms with van der Waals surface area (Å²) < 4.78 is 0. The average molecular weight is 289 g/mol. The van der Waals surface area contributed by atoms with Crippen LogP contribution in [0.4, 0.5) is 0 Å². The van der Waals surface area contributed by atoms with Gasteiger partial charge in [-0.2, -0.15) is 0 Å². The molecular weight excluding hydrogens is 278 g/mol. The van der Waals surface area contributed by atoms with Crippen LogP contribution in [0.15, 0.2) is 47.8 Å². The Morgan fingerprint density at radius 3 is 2.60 bits per heavy atom. The van der Waals surface area contributed by atoms with Gasteiger partial charge in [0.1, 0.15) is 0 Å². The molecule has 102 valence electrons. The van der Waals surface area contributed by atoms with Crippen LogP contribution in [0.25, 0.3) is 0 Å². The molecule has 2 aromatic rings. The predicted octanol–water partition coefficient (Wildman–Crippen LogP) is 2.44. The first kappa shape index (κ1) is 14.0. The third-order valence-corrected chi connectivity index (χ3v) is 3.49. The largest absolute Gasteiger partial charge is 0.502 e. The molecule has 0 bridgehead atoms. The molecule has 2 aromatic heterocycles. The molecule has 20 heavy (non-hydrogen) atoms. The molecule has 0 aliphatic heterocycles. The average Bonchev–Trinajstić information content (AvgIpc) is 2.88. The predicted molar refractivity (Wildman–Crippen MR) is 74.0 cm³/mol. The summed E-state index contributed by atoms with van der Waals surface area (Å²) in [6.07, 6.45) is 4.78. The standard InChI is InChI=1S/C14H11NO4S/c16-12(7-13(17)14(18)19)10-6-11(20-8-10)5-9-1-3-15-4-2-9/h1-4,6-8,17H,5H2,(H,18,19)/b13-7-. The molecule has 2 rings (SSSR count). The van der Waals surface area contributed by atoms with Crippen LogP contribution in [0.5, 0.6) is 0 Å². The third kappa shape index (κ3) is 3.52. The molecule has 6 heteroatoms. The number of nitrogens with zero attached hydrogens (tertiary/aromatic N) is 1. The molecule has 0 amide bonds. The number of allylic oxidation sites excluding steroid dienone is 1. The number of hydrogen-bond acceptors (Lipinski definition) is 5. The summed E-state index contributed by atoms with van der Waals surface area (Å²) in [6.45, 7) is 0. The summed E-state index contributed by atoms with van der Waals surface area (Å²) >= 11 is 1.41. The fourth-order valence-electron chi connectivity index (χ4n) is 1.57. The normalized spacial score (nSPS) is 11.3. The van der Waals surface area contributed by atoms with Crippen LogP contribution in [0, 0.1) is 0 Å². The van der Waals surface area contributed by atoms with E-state index in [1.54, 1.807) is 23.8 Å². The molecule has 2 heterocycles. The molecule has 0 fully saturated rings. The zero-order chi connectivity index (χ0) is 14.5. The van der Waals surface area contributed by atoms with Gasteiger partial charge in [-0.15, -0.1) is 11.3 Å². The minimum absolute atomic E-state index is 0.367. The van der Waals surface area contributed by atoms with Crippen molar-refractivity contribution in [3.63, 3.8) is 0 Å². The number of aliphatic carboxylic acids is 1. The zero-order valence-corrected chi connectivity index (χ0v) is 11.1. The molecule has 0 saturated carbocycles. The first-order valence-electron chi connectivity index (χ1n) is 5.71. The number of carboxylic acid groups (broad SMARTS) is 1. The van der Waals surface area contributed by atoms with Crippen LogP contribution >= 0.6 is 11.3 Å². The third-order valence-electron chi connectivity index (χ3n) is 2.55. The summed E-state index contributed by atoms with van der Waals surface area (Å²) in [4.78, 5) is 27.1. The van der Waals surface area contributed by atoms with Crippen LogP contribution in [0.2, 0.25) is 0 Å². The molecule has 0 saturated heterocycles. The second-order valence-electron chi connectivity index (χ2n) is 4.03. The number of hydrogen-bond donors (Lipinski definition) is 2. The number of thiophene rings is 1. The smallest absolute Gasteiger partial charge is 0.371 e. The molecular formula is C14H11NO4S. The first-order chi connectivity index (χ1) is 9.56. The topological polar surface area (TPSA) is 87.5 Å². The molecule has 0 atom stereocenters. The highest BCUT2D eigenvalue weighted by Gasteiger charge is 2.11. The Labute approximate surface area is 118 Å². The Bertz CT molecular complexity index is 661. The Kier molecular flexibility index (Phi) is 4.27. The number of carboxylic acids is 1. The van der Waals surface area contributed by atoms with E-state index in [9.17, 15) is 9.59 Å². The maximum Gasteiger partial charge on any atom is 0.371 e. The highest BCUT2D eigenvalue weighted by atomic mass is 32.1. The van der Waals surface area contributed by atoms with Gasteiger partial charge in [0.15, 0.2) is 5.78 Å². The van der Waals surface area contributed by atoms with E-state index < -0.39 is 17.5 Å². The van der Waals surface area contributed by atoms with E-state index in [-0.39, 0.29) is 0 Å². The van der Waals surface area contributed by atoms with Gasteiger partial charge in [0.2, 0.25) is 5.76 Å². The number of pyridine rings is 1. The number of carbonyl (C=O) groups is 2. The van der Waals surface area contributed by atoms with Crippen molar-refractivity contribution in [3.8, 4) is 0 Å². The Balaban J connectivity index is 2.11. The van der Waals surface area contributed by atoms with Gasteiger partial charge in [0.05, 0.1) is 0 Å². The maximum absolute atomic E-state index is 11.7. The van der Waals surface area contributed by atoms with Crippen molar-refractivity contribution < 1.29 is 19.8 Å². The van der Waals surface area contributed by atoms with Crippen LogP contribution in [0.3, 0.4) is 0 Å². The van der Waals surface area contributed by atoms with Crippen LogP contribution in [-0.2, 0) is 11.2 Å². The lowest BCUT2D eigenvalue weighted by molar-refractivity contribution is -0.135. The second-order valence-corrected chi connectivity index (χ2v) is 5.03. The van der Waals surface area contributed by atoms with Crippen LogP contribution in [0.1, 0.15) is 20.8 Å². The number of carbonyl (C=O) groups excluding carboxylic acids is 1. The highest BCUT2D eigenvalue weighted by molar-refractivity contribution is 7.10. The summed E-state index contributed by atoms with van der Waals surface area (Å²) in [5.41, 5.74) is 1.44. The van der Waals surface area contributed by atoms with E-state index in [1.165, 1.54) is 11.3 Å². The van der Waals surface area contributed by atoms with Crippen molar-refractivity contribution in [3.05, 3.63) is 63.8 Å². The van der Waals surface area contributed by atoms with Gasteiger partial charge < -0.3 is 10.2 Å². The molecule has 0 aliphatic carbocycles. The van der Waals surface area contributed by atoms with Gasteiger partial charge in [-0.1, -0.05) is 0 Å². The van der Waals surface area contributed by atoms with Gasteiger partial charge >= 0.3 is 5.97 Å². The van der Waals surface area contributed by atoms with Crippen molar-refractivity contribution in [2.75, 3.05) is 0 Å². The van der Waals surface area contributed by atoms with Gasteiger partial charge in [-0.05, 0) is 23.8 Å². The molecule has 0 aromatic carbocycles. The number of aromatic nitrogens is 1. The quantitative estimate of drug-likeness (QED) is 0.501. The van der Waals surface area contributed by atoms with Gasteiger partial charge in [-0.25, -0.2) is 4.79 Å². The number of aliphatic hydroxyl groups excluding tert-OH is 1. The Morgan fingerprint density at radius 2 is 1.95 bits per heavy atom. The fraction of sp³-hybridized carbons (Fsp3) is 0.0714. The van der Waals surface area contributed by atoms with Gasteiger partial charge in [0, 0.05) is 40.7 Å². The molecule has 5 nitrogen and oxygen atoms in total. The maximum atomic E-state index is 11.7. The van der Waals surface area contributed by atoms with Gasteiger partial charge in [-0.3, -0.25) is 9.78 Å². The molecule has 2 N–H and O–H groups in total. The van der Waals surface area contributed by atoms with E-state index in [4.69, 9.17) is 10.2 Å². The second kappa shape index (κ2) is 6.12. The Hall–Kier alpha value is -2.47. The minimum atomic E-state index is -1.52. The summed E-state index contributed by atoms with van der Waals surface area (Å²) in [7, 11) is 0. The SMILES string of the molecule is O=C(O)/C(O)=C/C(=O)c1csc(Cc2ccncc2)c1. The van der Waals surface area contributed by atoms with E-state index >= 15 is 0 Å². The van der Waals surface area contributed by atoms with Crippen molar-refractivity contribution in [1.82, 2.24) is 4.98 Å². The molecule has 0 unspecified atom stereocenters. The van der Waals surface area contributed by atoms with Gasteiger partial charge in [0.25, 0.3) is 0 Å². The monoisotopic (exact) mass is 289 g/mol. The number of rotatable bonds is 5. The highest BCUT2D eigenvalue weighted by Crippen LogP contribution is 2.19.